The second kappa shape index (κ2) is 9.72. The Kier molecular flexibility index (Phi) is 6.71. The second-order valence-electron chi connectivity index (χ2n) is 9.88. The molecule has 202 valence electrons. The molecule has 12 heteroatoms. The van der Waals surface area contributed by atoms with Crippen LogP contribution in [0, 0.1) is 17.3 Å². The molecular weight excluding hydrogens is 519 g/mol. The minimum absolute atomic E-state index is 0.0852. The lowest BCUT2D eigenvalue weighted by molar-refractivity contribution is -0.140. The fourth-order valence-corrected chi connectivity index (χ4v) is 5.74. The number of benzene rings is 2. The van der Waals surface area contributed by atoms with Crippen LogP contribution in [-0.4, -0.2) is 51.9 Å². The van der Waals surface area contributed by atoms with Gasteiger partial charge in [0.05, 0.1) is 35.4 Å². The molecule has 1 saturated heterocycles. The van der Waals surface area contributed by atoms with Gasteiger partial charge in [0.25, 0.3) is 0 Å². The van der Waals surface area contributed by atoms with Crippen LogP contribution in [0.4, 0.5) is 24.5 Å². The summed E-state index contributed by atoms with van der Waals surface area (Å²) in [5.41, 5.74) is 2.36. The van der Waals surface area contributed by atoms with Crippen molar-refractivity contribution in [3.05, 3.63) is 48.2 Å². The van der Waals surface area contributed by atoms with Gasteiger partial charge in [-0.05, 0) is 54.5 Å². The lowest BCUT2D eigenvalue weighted by Gasteiger charge is -2.54. The summed E-state index contributed by atoms with van der Waals surface area (Å²) in [5.74, 6) is 5.98. The van der Waals surface area contributed by atoms with Gasteiger partial charge in [0, 0.05) is 36.3 Å². The van der Waals surface area contributed by atoms with E-state index in [2.05, 4.69) is 27.8 Å². The third kappa shape index (κ3) is 5.41. The van der Waals surface area contributed by atoms with E-state index in [1.165, 1.54) is 29.9 Å². The maximum absolute atomic E-state index is 13.5. The first kappa shape index (κ1) is 26.2. The highest BCUT2D eigenvalue weighted by Crippen LogP contribution is 2.46. The normalized spacial score (nSPS) is 16.9. The molecule has 2 aliphatic rings. The van der Waals surface area contributed by atoms with E-state index in [0.717, 1.165) is 31.6 Å². The van der Waals surface area contributed by atoms with Crippen LogP contribution in [0.25, 0.3) is 10.9 Å². The standard InChI is InChI=1S/C26H28F3N5O3S/c1-37-24-11-19(38(30,35)36)7-8-22(24)32-9-3-4-18-10-20-21(33-17-12-25(13-17)14-31-15-25)5-2-6-23(20)34(18)16-26(27,28)29/h2,5-8,10-11,17,31-33H,9,12-16H2,1H3,(H2,30,35,36). The molecule has 0 amide bonds. The van der Waals surface area contributed by atoms with Gasteiger partial charge >= 0.3 is 6.18 Å². The van der Waals surface area contributed by atoms with E-state index >= 15 is 0 Å². The van der Waals surface area contributed by atoms with Crippen molar-refractivity contribution in [2.24, 2.45) is 10.6 Å². The summed E-state index contributed by atoms with van der Waals surface area (Å²) in [6.45, 7) is 0.973. The monoisotopic (exact) mass is 547 g/mol. The molecule has 38 heavy (non-hydrogen) atoms. The minimum atomic E-state index is -4.42. The number of fused-ring (bicyclic) bond motifs is 1. The minimum Gasteiger partial charge on any atom is -0.495 e. The molecule has 5 rings (SSSR count). The van der Waals surface area contributed by atoms with E-state index in [0.29, 0.717) is 28.0 Å². The summed E-state index contributed by atoms with van der Waals surface area (Å²) in [7, 11) is -2.52. The zero-order valence-corrected chi connectivity index (χ0v) is 21.5. The molecule has 0 atom stereocenters. The first-order valence-corrected chi connectivity index (χ1v) is 13.6. The predicted octanol–water partition coefficient (Wildman–Crippen LogP) is 3.49. The van der Waals surface area contributed by atoms with Crippen LogP contribution in [0.1, 0.15) is 18.5 Å². The average molecular weight is 548 g/mol. The Bertz CT molecular complexity index is 1530. The van der Waals surface area contributed by atoms with Crippen molar-refractivity contribution in [3.63, 3.8) is 0 Å². The molecule has 1 saturated carbocycles. The van der Waals surface area contributed by atoms with Crippen LogP contribution in [0.2, 0.25) is 0 Å². The van der Waals surface area contributed by atoms with Crippen molar-refractivity contribution in [1.82, 2.24) is 9.88 Å². The Labute approximate surface area is 218 Å². The smallest absolute Gasteiger partial charge is 0.406 e. The molecule has 0 unspecified atom stereocenters. The number of nitrogens with one attached hydrogen (secondary N) is 3. The predicted molar refractivity (Wildman–Crippen MR) is 140 cm³/mol. The zero-order valence-electron chi connectivity index (χ0n) is 20.7. The molecule has 1 spiro atoms. The molecule has 2 aromatic carbocycles. The molecule has 8 nitrogen and oxygen atoms in total. The molecule has 1 aromatic heterocycles. The number of rotatable bonds is 7. The molecular formula is C26H28F3N5O3S. The van der Waals surface area contributed by atoms with Gasteiger partial charge in [0.2, 0.25) is 10.0 Å². The Balaban J connectivity index is 1.37. The van der Waals surface area contributed by atoms with Gasteiger partial charge in [-0.25, -0.2) is 13.6 Å². The number of nitrogens with zero attached hydrogens (tertiary/aromatic N) is 1. The fraction of sp³-hybridized carbons (Fsp3) is 0.385. The van der Waals surface area contributed by atoms with Crippen molar-refractivity contribution in [3.8, 4) is 17.6 Å². The van der Waals surface area contributed by atoms with Crippen molar-refractivity contribution in [2.45, 2.75) is 36.5 Å². The third-order valence-electron chi connectivity index (χ3n) is 7.09. The molecule has 5 N–H and O–H groups in total. The molecule has 0 bridgehead atoms. The number of methoxy groups -OCH3 is 1. The van der Waals surface area contributed by atoms with E-state index in [1.807, 2.05) is 6.07 Å². The largest absolute Gasteiger partial charge is 0.495 e. The number of hydrogen-bond acceptors (Lipinski definition) is 6. The number of alkyl halides is 3. The summed E-state index contributed by atoms with van der Waals surface area (Å²) in [6, 6.07) is 11.4. The van der Waals surface area contributed by atoms with E-state index in [4.69, 9.17) is 9.88 Å². The molecule has 0 radical (unpaired) electrons. The number of anilines is 2. The van der Waals surface area contributed by atoms with Crippen molar-refractivity contribution in [1.29, 1.82) is 0 Å². The summed E-state index contributed by atoms with van der Waals surface area (Å²) < 4.78 is 70.0. The van der Waals surface area contributed by atoms with Crippen molar-refractivity contribution < 1.29 is 26.3 Å². The molecule has 3 aromatic rings. The number of sulfonamides is 1. The number of hydrogen-bond donors (Lipinski definition) is 4. The summed E-state index contributed by atoms with van der Waals surface area (Å²) in [4.78, 5) is -0.103. The van der Waals surface area contributed by atoms with Crippen LogP contribution in [0.5, 0.6) is 5.75 Å². The molecule has 2 fully saturated rings. The maximum atomic E-state index is 13.5. The number of aromatic nitrogens is 1. The third-order valence-corrected chi connectivity index (χ3v) is 8.00. The number of primary sulfonamides is 1. The van der Waals surface area contributed by atoms with Crippen LogP contribution in [-0.2, 0) is 16.6 Å². The topological polar surface area (TPSA) is 110 Å². The van der Waals surface area contributed by atoms with Gasteiger partial charge < -0.3 is 25.3 Å². The van der Waals surface area contributed by atoms with Gasteiger partial charge in [0.15, 0.2) is 0 Å². The Morgan fingerprint density at radius 1 is 1.18 bits per heavy atom. The Morgan fingerprint density at radius 3 is 2.58 bits per heavy atom. The van der Waals surface area contributed by atoms with Gasteiger partial charge in [-0.1, -0.05) is 12.0 Å². The first-order valence-electron chi connectivity index (χ1n) is 12.1. The SMILES string of the molecule is COc1cc(S(N)(=O)=O)ccc1NCC#Cc1cc2c(NC3CC4(CNC4)C3)cccc2n1CC(F)(F)F. The van der Waals surface area contributed by atoms with E-state index < -0.39 is 22.7 Å². The lowest BCUT2D eigenvalue weighted by atomic mass is 9.61. The second-order valence-corrected chi connectivity index (χ2v) is 11.4. The number of ether oxygens (including phenoxy) is 1. The number of halogens is 3. The van der Waals surface area contributed by atoms with E-state index in [1.54, 1.807) is 18.2 Å². The van der Waals surface area contributed by atoms with Crippen molar-refractivity contribution >= 4 is 32.3 Å². The highest BCUT2D eigenvalue weighted by Gasteiger charge is 2.48. The van der Waals surface area contributed by atoms with Crippen LogP contribution >= 0.6 is 0 Å². The highest BCUT2D eigenvalue weighted by molar-refractivity contribution is 7.89. The Morgan fingerprint density at radius 2 is 1.95 bits per heavy atom. The van der Waals surface area contributed by atoms with Gasteiger partial charge in [-0.3, -0.25) is 0 Å². The van der Waals surface area contributed by atoms with Gasteiger partial charge in [-0.15, -0.1) is 0 Å². The quantitative estimate of drug-likeness (QED) is 0.337. The number of nitrogens with two attached hydrogens (primary N) is 1. The molecule has 1 aliphatic heterocycles. The molecule has 2 heterocycles. The lowest BCUT2D eigenvalue weighted by Crippen LogP contribution is -2.63. The molecule has 1 aliphatic carbocycles. The summed E-state index contributed by atoms with van der Waals surface area (Å²) in [5, 5.41) is 15.7. The zero-order chi connectivity index (χ0) is 27.1. The highest BCUT2D eigenvalue weighted by atomic mass is 32.2. The van der Waals surface area contributed by atoms with E-state index in [-0.39, 0.29) is 22.9 Å². The van der Waals surface area contributed by atoms with Gasteiger partial charge in [0.1, 0.15) is 12.3 Å². The average Bonchev–Trinajstić information content (AvgIpc) is 3.13. The van der Waals surface area contributed by atoms with E-state index in [9.17, 15) is 21.6 Å². The summed E-state index contributed by atoms with van der Waals surface area (Å²) in [6.07, 6.45) is -2.33. The van der Waals surface area contributed by atoms with Crippen LogP contribution < -0.4 is 25.8 Å². The fourth-order valence-electron chi connectivity index (χ4n) is 5.21. The summed E-state index contributed by atoms with van der Waals surface area (Å²) >= 11 is 0. The van der Waals surface area contributed by atoms with Crippen LogP contribution in [0.15, 0.2) is 47.4 Å². The van der Waals surface area contributed by atoms with Gasteiger partial charge in [-0.2, -0.15) is 13.2 Å². The Hall–Kier alpha value is -3.40. The van der Waals surface area contributed by atoms with Crippen molar-refractivity contribution in [2.75, 3.05) is 37.4 Å². The van der Waals surface area contributed by atoms with Crippen LogP contribution in [0.3, 0.4) is 0 Å². The first-order chi connectivity index (χ1) is 18.0. The maximum Gasteiger partial charge on any atom is 0.406 e.